The van der Waals surface area contributed by atoms with E-state index in [0.717, 1.165) is 16.9 Å². The number of nitrogens with one attached hydrogen (secondary N) is 1. The van der Waals surface area contributed by atoms with Crippen LogP contribution in [0.3, 0.4) is 0 Å². The molecule has 1 aromatic heterocycles. The summed E-state index contributed by atoms with van der Waals surface area (Å²) >= 11 is 1.15. The molecule has 2 aromatic rings. The molecule has 1 heterocycles. The molecular weight excluding hydrogens is 290 g/mol. The van der Waals surface area contributed by atoms with E-state index in [1.165, 1.54) is 12.3 Å². The fraction of sp³-hybridized carbons (Fsp3) is 0.143. The third kappa shape index (κ3) is 4.12. The average Bonchev–Trinajstić information content (AvgIpc) is 2.92. The van der Waals surface area contributed by atoms with Gasteiger partial charge in [0.05, 0.1) is 11.6 Å². The largest absolute Gasteiger partial charge is 0.456 e. The number of rotatable bonds is 4. The summed E-state index contributed by atoms with van der Waals surface area (Å²) in [5.74, 6) is -0.831. The van der Waals surface area contributed by atoms with Gasteiger partial charge >= 0.3 is 5.97 Å². The molecule has 0 radical (unpaired) electrons. The van der Waals surface area contributed by atoms with E-state index in [2.05, 4.69) is 10.3 Å². The lowest BCUT2D eigenvalue weighted by Crippen LogP contribution is -2.08. The second-order valence-electron chi connectivity index (χ2n) is 4.11. The van der Waals surface area contributed by atoms with Gasteiger partial charge in [-0.15, -0.1) is 11.3 Å². The van der Waals surface area contributed by atoms with Crippen LogP contribution in [-0.2, 0) is 16.1 Å². The number of thiazole rings is 1. The van der Waals surface area contributed by atoms with Crippen LogP contribution in [0, 0.1) is 11.3 Å². The highest BCUT2D eigenvalue weighted by molar-refractivity contribution is 7.14. The van der Waals surface area contributed by atoms with Crippen molar-refractivity contribution in [3.63, 3.8) is 0 Å². The predicted molar refractivity (Wildman–Crippen MR) is 76.7 cm³/mol. The Morgan fingerprint density at radius 1 is 1.48 bits per heavy atom. The fourth-order valence-electron chi connectivity index (χ4n) is 1.53. The maximum Gasteiger partial charge on any atom is 0.358 e. The van der Waals surface area contributed by atoms with Gasteiger partial charge in [-0.1, -0.05) is 12.1 Å². The number of aromatic nitrogens is 1. The summed E-state index contributed by atoms with van der Waals surface area (Å²) < 4.78 is 5.12. The number of benzene rings is 1. The lowest BCUT2D eigenvalue weighted by Gasteiger charge is -2.03. The van der Waals surface area contributed by atoms with E-state index in [-0.39, 0.29) is 18.2 Å². The first-order chi connectivity index (χ1) is 10.1. The summed E-state index contributed by atoms with van der Waals surface area (Å²) in [6.45, 7) is 1.42. The topological polar surface area (TPSA) is 92.1 Å². The van der Waals surface area contributed by atoms with Gasteiger partial charge in [0.1, 0.15) is 6.61 Å². The van der Waals surface area contributed by atoms with Crippen molar-refractivity contribution in [2.45, 2.75) is 13.5 Å². The summed E-state index contributed by atoms with van der Waals surface area (Å²) in [4.78, 5) is 26.6. The second-order valence-corrected chi connectivity index (χ2v) is 4.97. The molecule has 0 aliphatic rings. The Bertz CT molecular complexity index is 718. The molecule has 1 N–H and O–H groups in total. The molecule has 0 spiro atoms. The van der Waals surface area contributed by atoms with Crippen molar-refractivity contribution in [1.29, 1.82) is 5.26 Å². The van der Waals surface area contributed by atoms with Crippen LogP contribution in [0.5, 0.6) is 0 Å². The molecule has 7 heteroatoms. The van der Waals surface area contributed by atoms with Gasteiger partial charge < -0.3 is 10.1 Å². The maximum absolute atomic E-state index is 11.8. The number of hydrogen-bond donors (Lipinski definition) is 1. The van der Waals surface area contributed by atoms with Crippen LogP contribution in [0.1, 0.15) is 28.5 Å². The minimum atomic E-state index is -0.579. The highest BCUT2D eigenvalue weighted by atomic mass is 32.1. The molecule has 2 rings (SSSR count). The van der Waals surface area contributed by atoms with Crippen LogP contribution >= 0.6 is 11.3 Å². The number of anilines is 1. The quantitative estimate of drug-likeness (QED) is 0.875. The lowest BCUT2D eigenvalue weighted by atomic mass is 10.1. The molecule has 6 nitrogen and oxygen atoms in total. The molecule has 0 aliphatic carbocycles. The average molecular weight is 301 g/mol. The number of carbonyl (C=O) groups is 2. The van der Waals surface area contributed by atoms with Gasteiger partial charge in [0.2, 0.25) is 5.91 Å². The van der Waals surface area contributed by atoms with Crippen molar-refractivity contribution >= 4 is 28.3 Å². The van der Waals surface area contributed by atoms with Crippen molar-refractivity contribution in [3.05, 3.63) is 46.5 Å². The highest BCUT2D eigenvalue weighted by Crippen LogP contribution is 2.16. The van der Waals surface area contributed by atoms with Gasteiger partial charge in [-0.3, -0.25) is 4.79 Å². The minimum absolute atomic E-state index is 0.0569. The van der Waals surface area contributed by atoms with Crippen molar-refractivity contribution in [2.24, 2.45) is 0 Å². The van der Waals surface area contributed by atoms with E-state index in [1.807, 2.05) is 6.07 Å². The van der Waals surface area contributed by atoms with Gasteiger partial charge in [-0.05, 0) is 17.7 Å². The first kappa shape index (κ1) is 14.7. The van der Waals surface area contributed by atoms with Crippen molar-refractivity contribution < 1.29 is 14.3 Å². The first-order valence-corrected chi connectivity index (χ1v) is 6.85. The third-order valence-corrected chi connectivity index (χ3v) is 3.18. The standard InChI is InChI=1S/C14H11N3O3S/c1-9(18)16-14-17-12(8-21-14)13(19)20-7-11-4-2-3-10(5-11)6-15/h2-5,8H,7H2,1H3,(H,16,17,18). The van der Waals surface area contributed by atoms with Crippen LogP contribution in [0.15, 0.2) is 29.6 Å². The monoisotopic (exact) mass is 301 g/mol. The van der Waals surface area contributed by atoms with Gasteiger partial charge in [0.25, 0.3) is 0 Å². The van der Waals surface area contributed by atoms with Gasteiger partial charge in [0, 0.05) is 12.3 Å². The summed E-state index contributed by atoms with van der Waals surface area (Å²) in [6.07, 6.45) is 0. The third-order valence-electron chi connectivity index (χ3n) is 2.42. The van der Waals surface area contributed by atoms with Crippen LogP contribution in [0.2, 0.25) is 0 Å². The number of nitrogens with zero attached hydrogens (tertiary/aromatic N) is 2. The Kier molecular flexibility index (Phi) is 4.64. The number of hydrogen-bond acceptors (Lipinski definition) is 6. The fourth-order valence-corrected chi connectivity index (χ4v) is 2.25. The van der Waals surface area contributed by atoms with Crippen molar-refractivity contribution in [3.8, 4) is 6.07 Å². The van der Waals surface area contributed by atoms with Gasteiger partial charge in [0.15, 0.2) is 10.8 Å². The Hall–Kier alpha value is -2.72. The number of esters is 1. The predicted octanol–water partition coefficient (Wildman–Crippen LogP) is 2.33. The maximum atomic E-state index is 11.8. The Labute approximate surface area is 125 Å². The molecule has 1 amide bonds. The number of carbonyl (C=O) groups excluding carboxylic acids is 2. The zero-order chi connectivity index (χ0) is 15.2. The van der Waals surface area contributed by atoms with E-state index < -0.39 is 5.97 Å². The molecule has 1 aromatic carbocycles. The van der Waals surface area contributed by atoms with Crippen LogP contribution in [0.25, 0.3) is 0 Å². The summed E-state index contributed by atoms with van der Waals surface area (Å²) in [6, 6.07) is 8.82. The molecule has 106 valence electrons. The number of nitriles is 1. The van der Waals surface area contributed by atoms with E-state index in [1.54, 1.807) is 24.3 Å². The van der Waals surface area contributed by atoms with E-state index in [9.17, 15) is 9.59 Å². The summed E-state index contributed by atoms with van der Waals surface area (Å²) in [5.41, 5.74) is 1.37. The lowest BCUT2D eigenvalue weighted by molar-refractivity contribution is -0.114. The normalized spacial score (nSPS) is 9.71. The van der Waals surface area contributed by atoms with E-state index in [4.69, 9.17) is 10.00 Å². The highest BCUT2D eigenvalue weighted by Gasteiger charge is 2.13. The second kappa shape index (κ2) is 6.63. The molecule has 0 saturated carbocycles. The van der Waals surface area contributed by atoms with E-state index >= 15 is 0 Å². The van der Waals surface area contributed by atoms with Crippen molar-refractivity contribution in [2.75, 3.05) is 5.32 Å². The summed E-state index contributed by atoms with van der Waals surface area (Å²) in [5, 5.41) is 13.1. The minimum Gasteiger partial charge on any atom is -0.456 e. The number of ether oxygens (including phenoxy) is 1. The molecule has 0 aliphatic heterocycles. The van der Waals surface area contributed by atoms with Crippen molar-refractivity contribution in [1.82, 2.24) is 4.98 Å². The summed E-state index contributed by atoms with van der Waals surface area (Å²) in [7, 11) is 0. The molecule has 21 heavy (non-hydrogen) atoms. The van der Waals surface area contributed by atoms with Gasteiger partial charge in [-0.25, -0.2) is 9.78 Å². The van der Waals surface area contributed by atoms with Crippen LogP contribution < -0.4 is 5.32 Å². The molecule has 0 saturated heterocycles. The molecule has 0 bridgehead atoms. The Balaban J connectivity index is 1.96. The SMILES string of the molecule is CC(=O)Nc1nc(C(=O)OCc2cccc(C#N)c2)cs1. The smallest absolute Gasteiger partial charge is 0.358 e. The molecule has 0 atom stereocenters. The molecular formula is C14H11N3O3S. The Morgan fingerprint density at radius 3 is 3.00 bits per heavy atom. The zero-order valence-electron chi connectivity index (χ0n) is 11.1. The Morgan fingerprint density at radius 2 is 2.29 bits per heavy atom. The number of amides is 1. The first-order valence-electron chi connectivity index (χ1n) is 5.98. The van der Waals surface area contributed by atoms with Crippen LogP contribution in [-0.4, -0.2) is 16.9 Å². The van der Waals surface area contributed by atoms with Gasteiger partial charge in [-0.2, -0.15) is 5.26 Å². The zero-order valence-corrected chi connectivity index (χ0v) is 11.9. The van der Waals surface area contributed by atoms with E-state index in [0.29, 0.717) is 10.7 Å². The van der Waals surface area contributed by atoms with Crippen LogP contribution in [0.4, 0.5) is 5.13 Å². The molecule has 0 unspecified atom stereocenters. The molecule has 0 fully saturated rings.